The molecule has 2 N–H and O–H groups in total. The Morgan fingerprint density at radius 1 is 1.50 bits per heavy atom. The quantitative estimate of drug-likeness (QED) is 0.574. The van der Waals surface area contributed by atoms with E-state index in [9.17, 15) is 0 Å². The van der Waals surface area contributed by atoms with E-state index in [2.05, 4.69) is 17.7 Å². The van der Waals surface area contributed by atoms with E-state index in [1.807, 2.05) is 17.1 Å². The van der Waals surface area contributed by atoms with Gasteiger partial charge in [0.25, 0.3) is 0 Å². The van der Waals surface area contributed by atoms with Crippen LogP contribution in [0.4, 0.5) is 0 Å². The molecule has 0 spiro atoms. The van der Waals surface area contributed by atoms with Gasteiger partial charge in [0.15, 0.2) is 0 Å². The molecule has 0 aliphatic carbocycles. The van der Waals surface area contributed by atoms with Crippen LogP contribution >= 0.6 is 0 Å². The van der Waals surface area contributed by atoms with E-state index in [0.29, 0.717) is 6.67 Å². The van der Waals surface area contributed by atoms with Crippen molar-refractivity contribution < 1.29 is 21.5 Å². The van der Waals surface area contributed by atoms with Gasteiger partial charge in [-0.2, -0.15) is 0 Å². The maximum Gasteiger partial charge on any atom is 0.244 e. The van der Waals surface area contributed by atoms with Crippen LogP contribution in [0.25, 0.3) is 0 Å². The number of unbranched alkanes of at least 4 members (excludes halogenated alkanes) is 1. The van der Waals surface area contributed by atoms with Crippen LogP contribution in [0, 0.1) is 0 Å². The van der Waals surface area contributed by atoms with Gasteiger partial charge in [0, 0.05) is 0 Å². The van der Waals surface area contributed by atoms with Crippen LogP contribution in [0.15, 0.2) is 18.7 Å². The van der Waals surface area contributed by atoms with Crippen LogP contribution in [0.1, 0.15) is 19.8 Å². The predicted molar refractivity (Wildman–Crippen MR) is 43.7 cm³/mol. The fourth-order valence-corrected chi connectivity index (χ4v) is 1.02. The Morgan fingerprint density at radius 2 is 2.25 bits per heavy atom. The lowest BCUT2D eigenvalue weighted by Gasteiger charge is -1.91. The number of imidazole rings is 1. The molecule has 0 saturated carbocycles. The highest BCUT2D eigenvalue weighted by atomic mass is 79.9. The van der Waals surface area contributed by atoms with Crippen LogP contribution in [0.2, 0.25) is 0 Å². The second-order valence-corrected chi connectivity index (χ2v) is 2.70. The Labute approximate surface area is 84.0 Å². The van der Waals surface area contributed by atoms with Crippen molar-refractivity contribution in [1.82, 2.24) is 4.57 Å². The monoisotopic (exact) mass is 233 g/mol. The van der Waals surface area contributed by atoms with Crippen molar-refractivity contribution in [1.29, 1.82) is 0 Å². The number of nitrogens with two attached hydrogens (primary N) is 1. The van der Waals surface area contributed by atoms with E-state index in [0.717, 1.165) is 6.54 Å². The van der Waals surface area contributed by atoms with E-state index in [1.165, 1.54) is 12.8 Å². The zero-order chi connectivity index (χ0) is 8.10. The van der Waals surface area contributed by atoms with Crippen LogP contribution in [-0.2, 0) is 13.2 Å². The zero-order valence-electron chi connectivity index (χ0n) is 7.41. The number of aryl methyl sites for hydroxylation is 1. The second-order valence-electron chi connectivity index (χ2n) is 2.70. The van der Waals surface area contributed by atoms with Gasteiger partial charge in [0.05, 0.1) is 6.54 Å². The molecule has 0 bridgehead atoms. The lowest BCUT2D eigenvalue weighted by atomic mass is 10.3. The predicted octanol–water partition coefficient (Wildman–Crippen LogP) is -2.50. The van der Waals surface area contributed by atoms with Crippen molar-refractivity contribution in [3.8, 4) is 0 Å². The number of halogens is 1. The van der Waals surface area contributed by atoms with Crippen molar-refractivity contribution in [2.45, 2.75) is 33.0 Å². The molecular weight excluding hydrogens is 218 g/mol. The summed E-state index contributed by atoms with van der Waals surface area (Å²) in [6, 6.07) is 0. The molecular formula is C8H16BrN3. The molecule has 1 aromatic rings. The lowest BCUT2D eigenvalue weighted by Crippen LogP contribution is -3.00. The first-order chi connectivity index (χ1) is 5.36. The van der Waals surface area contributed by atoms with E-state index in [4.69, 9.17) is 5.73 Å². The minimum Gasteiger partial charge on any atom is -1.00 e. The van der Waals surface area contributed by atoms with Crippen molar-refractivity contribution in [2.24, 2.45) is 5.73 Å². The number of hydrogen-bond donors (Lipinski definition) is 1. The number of aromatic nitrogens is 2. The topological polar surface area (TPSA) is 34.8 Å². The summed E-state index contributed by atoms with van der Waals surface area (Å²) in [5.41, 5.74) is 5.44. The first kappa shape index (κ1) is 11.6. The van der Waals surface area contributed by atoms with Crippen LogP contribution in [0.3, 0.4) is 0 Å². The van der Waals surface area contributed by atoms with Gasteiger partial charge in [-0.15, -0.1) is 0 Å². The summed E-state index contributed by atoms with van der Waals surface area (Å²) in [7, 11) is 0. The number of nitrogens with zero attached hydrogens (tertiary/aromatic N) is 2. The summed E-state index contributed by atoms with van der Waals surface area (Å²) in [4.78, 5) is 0. The SMILES string of the molecule is CCCC[n+]1ccn(CN)c1.[Br-]. The van der Waals surface area contributed by atoms with E-state index in [1.54, 1.807) is 0 Å². The largest absolute Gasteiger partial charge is 1.00 e. The van der Waals surface area contributed by atoms with Gasteiger partial charge in [-0.3, -0.25) is 5.73 Å². The molecule has 0 radical (unpaired) electrons. The van der Waals surface area contributed by atoms with Gasteiger partial charge in [-0.1, -0.05) is 13.3 Å². The zero-order valence-corrected chi connectivity index (χ0v) is 9.00. The summed E-state index contributed by atoms with van der Waals surface area (Å²) in [5.74, 6) is 0. The molecule has 0 aromatic carbocycles. The van der Waals surface area contributed by atoms with Crippen molar-refractivity contribution in [3.05, 3.63) is 18.7 Å². The smallest absolute Gasteiger partial charge is 0.244 e. The van der Waals surface area contributed by atoms with E-state index >= 15 is 0 Å². The normalized spacial score (nSPS) is 9.50. The van der Waals surface area contributed by atoms with Gasteiger partial charge >= 0.3 is 0 Å². The van der Waals surface area contributed by atoms with Crippen molar-refractivity contribution in [2.75, 3.05) is 0 Å². The Hall–Kier alpha value is -0.350. The van der Waals surface area contributed by atoms with E-state index in [-0.39, 0.29) is 17.0 Å². The minimum absolute atomic E-state index is 0. The number of hydrogen-bond acceptors (Lipinski definition) is 1. The molecule has 0 aliphatic rings. The first-order valence-corrected chi connectivity index (χ1v) is 4.11. The third kappa shape index (κ3) is 3.36. The second kappa shape index (κ2) is 6.20. The Balaban J connectivity index is 0.00000121. The molecule has 0 atom stereocenters. The highest BCUT2D eigenvalue weighted by Crippen LogP contribution is 1.86. The molecule has 3 nitrogen and oxygen atoms in total. The fourth-order valence-electron chi connectivity index (χ4n) is 1.02. The molecule has 12 heavy (non-hydrogen) atoms. The van der Waals surface area contributed by atoms with Gasteiger partial charge in [0.2, 0.25) is 6.33 Å². The third-order valence-electron chi connectivity index (χ3n) is 1.73. The third-order valence-corrected chi connectivity index (χ3v) is 1.73. The summed E-state index contributed by atoms with van der Waals surface area (Å²) < 4.78 is 4.13. The van der Waals surface area contributed by atoms with Gasteiger partial charge in [-0.05, 0) is 6.42 Å². The molecule has 1 aromatic heterocycles. The average Bonchev–Trinajstić information content (AvgIpc) is 2.48. The highest BCUT2D eigenvalue weighted by Gasteiger charge is 1.99. The summed E-state index contributed by atoms with van der Waals surface area (Å²) >= 11 is 0. The van der Waals surface area contributed by atoms with Gasteiger partial charge in [0.1, 0.15) is 19.1 Å². The molecule has 1 rings (SSSR count). The Bertz CT molecular complexity index is 210. The van der Waals surface area contributed by atoms with Crippen LogP contribution in [-0.4, -0.2) is 4.57 Å². The van der Waals surface area contributed by atoms with Crippen molar-refractivity contribution in [3.63, 3.8) is 0 Å². The maximum atomic E-state index is 5.44. The average molecular weight is 234 g/mol. The molecule has 0 unspecified atom stereocenters. The number of rotatable bonds is 4. The van der Waals surface area contributed by atoms with Crippen molar-refractivity contribution >= 4 is 0 Å². The molecule has 0 saturated heterocycles. The minimum atomic E-state index is 0. The summed E-state index contributed by atoms with van der Waals surface area (Å²) in [6.45, 7) is 3.86. The van der Waals surface area contributed by atoms with Gasteiger partial charge < -0.3 is 17.0 Å². The highest BCUT2D eigenvalue weighted by molar-refractivity contribution is 4.64. The summed E-state index contributed by atoms with van der Waals surface area (Å²) in [6.07, 6.45) is 8.56. The lowest BCUT2D eigenvalue weighted by molar-refractivity contribution is -0.696. The van der Waals surface area contributed by atoms with Crippen LogP contribution < -0.4 is 27.3 Å². The molecule has 70 valence electrons. The van der Waals surface area contributed by atoms with E-state index < -0.39 is 0 Å². The molecule has 4 heteroatoms. The van der Waals surface area contributed by atoms with Crippen LogP contribution in [0.5, 0.6) is 0 Å². The molecule has 0 aliphatic heterocycles. The first-order valence-electron chi connectivity index (χ1n) is 4.11. The maximum absolute atomic E-state index is 5.44. The Kier molecular flexibility index (Phi) is 6.02. The molecule has 0 fully saturated rings. The molecule has 0 amide bonds. The fraction of sp³-hybridized carbons (Fsp3) is 0.625. The standard InChI is InChI=1S/C8H16N3.BrH/c1-2-3-4-10-5-6-11(7-9)8-10;/h5-6,8H,2-4,7,9H2,1H3;1H/q+1;/p-1. The summed E-state index contributed by atoms with van der Waals surface area (Å²) in [5, 5.41) is 0. The molecule has 1 heterocycles. The Morgan fingerprint density at radius 3 is 2.75 bits per heavy atom. The van der Waals surface area contributed by atoms with Gasteiger partial charge in [-0.25, -0.2) is 9.13 Å².